The van der Waals surface area contributed by atoms with Gasteiger partial charge >= 0.3 is 17.3 Å². The molecule has 184 valence electrons. The van der Waals surface area contributed by atoms with E-state index in [1.54, 1.807) is 48.5 Å². The summed E-state index contributed by atoms with van der Waals surface area (Å²) in [6.07, 6.45) is 1.82. The van der Waals surface area contributed by atoms with Gasteiger partial charge in [-0.25, -0.2) is 23.9 Å². The number of carboxylic acids is 1. The SMILES string of the molecule is CCCn1c(=O)nc(Nc2ccc(Oc3ccc(C(=O)O)cn3)cc2)n(Cc2ccc(Cl)cc2)c1=O. The number of ether oxygens (including phenoxy) is 1. The van der Waals surface area contributed by atoms with Gasteiger partial charge in [-0.2, -0.15) is 4.98 Å². The Morgan fingerprint density at radius 3 is 2.36 bits per heavy atom. The second-order valence-corrected chi connectivity index (χ2v) is 8.24. The van der Waals surface area contributed by atoms with Crippen LogP contribution in [0.1, 0.15) is 29.3 Å². The van der Waals surface area contributed by atoms with Crippen LogP contribution in [0.2, 0.25) is 5.02 Å². The van der Waals surface area contributed by atoms with E-state index < -0.39 is 17.3 Å². The number of nitrogens with one attached hydrogen (secondary N) is 1. The summed E-state index contributed by atoms with van der Waals surface area (Å²) in [7, 11) is 0. The van der Waals surface area contributed by atoms with Gasteiger partial charge in [0.25, 0.3) is 0 Å². The zero-order valence-electron chi connectivity index (χ0n) is 19.2. The minimum Gasteiger partial charge on any atom is -0.478 e. The summed E-state index contributed by atoms with van der Waals surface area (Å²) >= 11 is 5.98. The van der Waals surface area contributed by atoms with Crippen molar-refractivity contribution in [2.24, 2.45) is 0 Å². The minimum absolute atomic E-state index is 0.0555. The first kappa shape index (κ1) is 24.7. The lowest BCUT2D eigenvalue weighted by Gasteiger charge is -2.16. The Morgan fingerprint density at radius 1 is 1.03 bits per heavy atom. The van der Waals surface area contributed by atoms with Crippen molar-refractivity contribution >= 4 is 29.2 Å². The van der Waals surface area contributed by atoms with Crippen LogP contribution >= 0.6 is 11.6 Å². The smallest absolute Gasteiger partial charge is 0.354 e. The largest absolute Gasteiger partial charge is 0.478 e. The molecule has 36 heavy (non-hydrogen) atoms. The van der Waals surface area contributed by atoms with Crippen LogP contribution in [0.4, 0.5) is 11.6 Å². The number of anilines is 2. The van der Waals surface area contributed by atoms with Crippen molar-refractivity contribution in [1.82, 2.24) is 19.1 Å². The van der Waals surface area contributed by atoms with Gasteiger partial charge in [-0.05, 0) is 54.4 Å². The first-order valence-corrected chi connectivity index (χ1v) is 11.4. The van der Waals surface area contributed by atoms with Gasteiger partial charge in [-0.15, -0.1) is 0 Å². The molecular weight excluding hydrogens is 486 g/mol. The lowest BCUT2D eigenvalue weighted by Crippen LogP contribution is -2.42. The van der Waals surface area contributed by atoms with Crippen LogP contribution in [0.25, 0.3) is 0 Å². The molecule has 0 atom stereocenters. The fraction of sp³-hybridized carbons (Fsp3) is 0.160. The zero-order valence-corrected chi connectivity index (χ0v) is 20.0. The first-order chi connectivity index (χ1) is 17.3. The molecule has 0 aliphatic heterocycles. The summed E-state index contributed by atoms with van der Waals surface area (Å²) in [5.41, 5.74) is 0.344. The number of carbonyl (C=O) groups is 1. The monoisotopic (exact) mass is 507 g/mol. The van der Waals surface area contributed by atoms with Crippen LogP contribution in [0, 0.1) is 0 Å². The molecule has 0 aliphatic carbocycles. The van der Waals surface area contributed by atoms with Crippen molar-refractivity contribution in [3.63, 3.8) is 0 Å². The lowest BCUT2D eigenvalue weighted by atomic mass is 10.2. The maximum absolute atomic E-state index is 13.1. The Bertz CT molecular complexity index is 1480. The maximum atomic E-state index is 13.1. The molecule has 0 unspecified atom stereocenters. The summed E-state index contributed by atoms with van der Waals surface area (Å²) in [6, 6.07) is 16.6. The molecule has 0 saturated heterocycles. The molecule has 2 aromatic heterocycles. The molecule has 0 amide bonds. The normalized spacial score (nSPS) is 10.7. The van der Waals surface area contributed by atoms with E-state index in [9.17, 15) is 14.4 Å². The van der Waals surface area contributed by atoms with Gasteiger partial charge in [0.05, 0.1) is 12.1 Å². The standard InChI is InChI=1S/C25H22ClN5O5/c1-2-13-30-24(34)29-23(31(25(30)35)15-16-3-6-18(26)7-4-16)28-19-8-10-20(11-9-19)36-21-12-5-17(14-27-21)22(32)33/h3-12,14H,2,13,15H2,1H3,(H,32,33)(H,28,29,34). The Balaban J connectivity index is 1.59. The fourth-order valence-corrected chi connectivity index (χ4v) is 3.50. The van der Waals surface area contributed by atoms with Crippen LogP contribution in [0.3, 0.4) is 0 Å². The van der Waals surface area contributed by atoms with E-state index in [1.807, 2.05) is 6.92 Å². The van der Waals surface area contributed by atoms with Gasteiger partial charge in [-0.1, -0.05) is 30.7 Å². The molecule has 2 aromatic carbocycles. The molecular formula is C25H22ClN5O5. The second-order valence-electron chi connectivity index (χ2n) is 7.81. The quantitative estimate of drug-likeness (QED) is 0.346. The zero-order chi connectivity index (χ0) is 25.7. The molecule has 0 spiro atoms. The summed E-state index contributed by atoms with van der Waals surface area (Å²) in [6.45, 7) is 2.33. The molecule has 0 saturated carbocycles. The fourth-order valence-electron chi connectivity index (χ4n) is 3.38. The third-order valence-electron chi connectivity index (χ3n) is 5.17. The highest BCUT2D eigenvalue weighted by Crippen LogP contribution is 2.23. The number of benzene rings is 2. The summed E-state index contributed by atoms with van der Waals surface area (Å²) in [4.78, 5) is 44.7. The number of hydrogen-bond acceptors (Lipinski definition) is 7. The van der Waals surface area contributed by atoms with Crippen LogP contribution in [0.5, 0.6) is 11.6 Å². The summed E-state index contributed by atoms with van der Waals surface area (Å²) < 4.78 is 8.16. The minimum atomic E-state index is -1.07. The Kier molecular flexibility index (Phi) is 7.45. The average molecular weight is 508 g/mol. The van der Waals surface area contributed by atoms with E-state index in [2.05, 4.69) is 15.3 Å². The van der Waals surface area contributed by atoms with Crippen LogP contribution in [-0.2, 0) is 13.1 Å². The number of carboxylic acid groups (broad SMARTS) is 1. The number of halogens is 1. The summed E-state index contributed by atoms with van der Waals surface area (Å²) in [5.74, 6) is -0.276. The van der Waals surface area contributed by atoms with Crippen LogP contribution < -0.4 is 21.4 Å². The van der Waals surface area contributed by atoms with Gasteiger partial charge in [0.15, 0.2) is 0 Å². The molecule has 4 aromatic rings. The van der Waals surface area contributed by atoms with E-state index in [1.165, 1.54) is 22.9 Å². The van der Waals surface area contributed by atoms with Crippen molar-refractivity contribution in [2.75, 3.05) is 5.32 Å². The van der Waals surface area contributed by atoms with Gasteiger partial charge in [0, 0.05) is 29.5 Å². The van der Waals surface area contributed by atoms with Crippen molar-refractivity contribution in [3.8, 4) is 11.6 Å². The summed E-state index contributed by atoms with van der Waals surface area (Å²) in [5, 5.41) is 12.6. The van der Waals surface area contributed by atoms with Crippen LogP contribution in [-0.4, -0.2) is 30.2 Å². The van der Waals surface area contributed by atoms with Crippen molar-refractivity contribution in [3.05, 3.63) is 104 Å². The number of rotatable bonds is 9. The van der Waals surface area contributed by atoms with Crippen molar-refractivity contribution < 1.29 is 14.6 Å². The van der Waals surface area contributed by atoms with Gasteiger partial charge in [-0.3, -0.25) is 4.57 Å². The molecule has 0 bridgehead atoms. The third-order valence-corrected chi connectivity index (χ3v) is 5.42. The number of pyridine rings is 1. The molecule has 0 aliphatic rings. The highest BCUT2D eigenvalue weighted by atomic mass is 35.5. The first-order valence-electron chi connectivity index (χ1n) is 11.0. The van der Waals surface area contributed by atoms with Crippen molar-refractivity contribution in [2.45, 2.75) is 26.4 Å². The number of nitrogens with zero attached hydrogens (tertiary/aromatic N) is 4. The molecule has 0 radical (unpaired) electrons. The predicted molar refractivity (Wildman–Crippen MR) is 135 cm³/mol. The third kappa shape index (κ3) is 5.78. The molecule has 11 heteroatoms. The number of hydrogen-bond donors (Lipinski definition) is 2. The highest BCUT2D eigenvalue weighted by Gasteiger charge is 2.14. The van der Waals surface area contributed by atoms with Gasteiger partial charge in [0.2, 0.25) is 11.8 Å². The van der Waals surface area contributed by atoms with E-state index in [4.69, 9.17) is 21.4 Å². The average Bonchev–Trinajstić information content (AvgIpc) is 2.87. The maximum Gasteiger partial charge on any atom is 0.354 e. The van der Waals surface area contributed by atoms with E-state index in [-0.39, 0.29) is 30.5 Å². The molecule has 0 fully saturated rings. The van der Waals surface area contributed by atoms with Gasteiger partial charge < -0.3 is 15.2 Å². The number of aromatic carboxylic acids is 1. The van der Waals surface area contributed by atoms with Crippen molar-refractivity contribution in [1.29, 1.82) is 0 Å². The Morgan fingerprint density at radius 2 is 1.75 bits per heavy atom. The molecule has 4 rings (SSSR count). The highest BCUT2D eigenvalue weighted by molar-refractivity contribution is 6.30. The van der Waals surface area contributed by atoms with Crippen LogP contribution in [0.15, 0.2) is 76.4 Å². The van der Waals surface area contributed by atoms with Gasteiger partial charge in [0.1, 0.15) is 5.75 Å². The molecule has 2 heterocycles. The lowest BCUT2D eigenvalue weighted by molar-refractivity contribution is 0.0696. The van der Waals surface area contributed by atoms with E-state index in [0.29, 0.717) is 22.9 Å². The topological polar surface area (TPSA) is 128 Å². The van der Waals surface area contributed by atoms with E-state index in [0.717, 1.165) is 10.1 Å². The molecule has 2 N–H and O–H groups in total. The Hall–Kier alpha value is -4.44. The number of aromatic nitrogens is 4. The molecule has 10 nitrogen and oxygen atoms in total. The Labute approximate surface area is 210 Å². The second kappa shape index (κ2) is 10.9. The predicted octanol–water partition coefficient (Wildman–Crippen LogP) is 4.15. The van der Waals surface area contributed by atoms with E-state index >= 15 is 0 Å².